The van der Waals surface area contributed by atoms with Crippen LogP contribution in [-0.2, 0) is 6.42 Å². The number of aromatic nitrogens is 1. The topological polar surface area (TPSA) is 51.2 Å². The lowest BCUT2D eigenvalue weighted by Crippen LogP contribution is -2.11. The molecule has 0 aliphatic rings. The maximum atomic E-state index is 12.5. The summed E-state index contributed by atoms with van der Waals surface area (Å²) in [5.41, 5.74) is 1.78. The molecule has 1 heterocycles. The van der Waals surface area contributed by atoms with Crippen LogP contribution in [0, 0.1) is 0 Å². The Morgan fingerprint density at radius 3 is 2.21 bits per heavy atom. The van der Waals surface area contributed by atoms with Crippen LogP contribution in [0.3, 0.4) is 0 Å². The van der Waals surface area contributed by atoms with Crippen LogP contribution in [0.2, 0.25) is 0 Å². The van der Waals surface area contributed by atoms with Gasteiger partial charge in [-0.1, -0.05) is 48.5 Å². The Labute approximate surface area is 167 Å². The van der Waals surface area contributed by atoms with Crippen molar-refractivity contribution in [1.29, 1.82) is 0 Å². The highest BCUT2D eigenvalue weighted by Crippen LogP contribution is 2.23. The van der Waals surface area contributed by atoms with E-state index in [-0.39, 0.29) is 5.91 Å². The molecule has 1 amide bonds. The van der Waals surface area contributed by atoms with E-state index in [1.54, 1.807) is 24.3 Å². The van der Waals surface area contributed by atoms with Gasteiger partial charge in [0.2, 0.25) is 0 Å². The fourth-order valence-corrected chi connectivity index (χ4v) is 3.55. The molecule has 0 saturated heterocycles. The first-order valence-corrected chi connectivity index (χ1v) is 9.71. The number of anilines is 1. The number of ether oxygens (including phenoxy) is 1. The maximum absolute atomic E-state index is 12.5. The van der Waals surface area contributed by atoms with Crippen molar-refractivity contribution in [1.82, 2.24) is 4.98 Å². The van der Waals surface area contributed by atoms with Gasteiger partial charge in [0.05, 0.1) is 0 Å². The molecule has 4 aromatic rings. The fourth-order valence-electron chi connectivity index (χ4n) is 2.71. The second kappa shape index (κ2) is 8.50. The number of para-hydroxylation sites is 1. The average molecular weight is 386 g/mol. The molecule has 5 heteroatoms. The smallest absolute Gasteiger partial charge is 0.257 e. The Bertz CT molecular complexity index is 1040. The minimum absolute atomic E-state index is 0.188. The Hall–Kier alpha value is -3.44. The number of amides is 1. The second-order valence-electron chi connectivity index (χ2n) is 6.19. The molecular weight excluding hydrogens is 368 g/mol. The van der Waals surface area contributed by atoms with Crippen LogP contribution < -0.4 is 10.1 Å². The Morgan fingerprint density at radius 1 is 0.857 bits per heavy atom. The summed E-state index contributed by atoms with van der Waals surface area (Å²) in [5.74, 6) is 1.25. The molecule has 1 aromatic heterocycles. The van der Waals surface area contributed by atoms with Crippen molar-refractivity contribution in [3.05, 3.63) is 107 Å². The third-order valence-electron chi connectivity index (χ3n) is 4.09. The lowest BCUT2D eigenvalue weighted by Gasteiger charge is -2.06. The molecule has 4 nitrogen and oxygen atoms in total. The van der Waals surface area contributed by atoms with Gasteiger partial charge in [0, 0.05) is 23.1 Å². The summed E-state index contributed by atoms with van der Waals surface area (Å²) in [7, 11) is 0. The summed E-state index contributed by atoms with van der Waals surface area (Å²) in [4.78, 5) is 17.9. The number of hydrogen-bond acceptors (Lipinski definition) is 4. The highest BCUT2D eigenvalue weighted by atomic mass is 32.1. The van der Waals surface area contributed by atoms with Gasteiger partial charge in [0.25, 0.3) is 5.91 Å². The van der Waals surface area contributed by atoms with E-state index < -0.39 is 0 Å². The molecule has 138 valence electrons. The van der Waals surface area contributed by atoms with E-state index in [0.29, 0.717) is 16.4 Å². The molecule has 0 bridgehead atoms. The summed E-state index contributed by atoms with van der Waals surface area (Å²) in [5, 5.41) is 3.46. The van der Waals surface area contributed by atoms with E-state index in [4.69, 9.17) is 4.74 Å². The molecule has 0 saturated carbocycles. The van der Waals surface area contributed by atoms with Crippen LogP contribution in [0.25, 0.3) is 0 Å². The molecule has 3 aromatic carbocycles. The van der Waals surface area contributed by atoms with Gasteiger partial charge in [0.1, 0.15) is 11.5 Å². The van der Waals surface area contributed by atoms with Gasteiger partial charge in [-0.2, -0.15) is 0 Å². The van der Waals surface area contributed by atoms with Gasteiger partial charge < -0.3 is 4.74 Å². The van der Waals surface area contributed by atoms with Gasteiger partial charge in [-0.05, 0) is 42.0 Å². The van der Waals surface area contributed by atoms with E-state index in [1.807, 2.05) is 54.7 Å². The summed E-state index contributed by atoms with van der Waals surface area (Å²) in [6.07, 6.45) is 2.62. The summed E-state index contributed by atoms with van der Waals surface area (Å²) >= 11 is 1.49. The van der Waals surface area contributed by atoms with Crippen molar-refractivity contribution in [2.45, 2.75) is 6.42 Å². The number of thiazole rings is 1. The lowest BCUT2D eigenvalue weighted by molar-refractivity contribution is 0.102. The highest BCUT2D eigenvalue weighted by Gasteiger charge is 2.10. The van der Waals surface area contributed by atoms with Crippen molar-refractivity contribution in [3.8, 4) is 11.5 Å². The van der Waals surface area contributed by atoms with E-state index >= 15 is 0 Å². The number of benzene rings is 3. The Kier molecular flexibility index (Phi) is 5.45. The van der Waals surface area contributed by atoms with Crippen molar-refractivity contribution >= 4 is 22.4 Å². The first-order chi connectivity index (χ1) is 13.8. The quantitative estimate of drug-likeness (QED) is 0.457. The predicted octanol–water partition coefficient (Wildman–Crippen LogP) is 5.78. The zero-order chi connectivity index (χ0) is 19.2. The average Bonchev–Trinajstić information content (AvgIpc) is 3.17. The fraction of sp³-hybridized carbons (Fsp3) is 0.0435. The van der Waals surface area contributed by atoms with Gasteiger partial charge >= 0.3 is 0 Å². The zero-order valence-electron chi connectivity index (χ0n) is 15.0. The van der Waals surface area contributed by atoms with Crippen molar-refractivity contribution in [2.24, 2.45) is 0 Å². The SMILES string of the molecule is O=C(Nc1ncc(Cc2ccccc2)s1)c1ccc(Oc2ccccc2)cc1. The van der Waals surface area contributed by atoms with Crippen molar-refractivity contribution < 1.29 is 9.53 Å². The number of carbonyl (C=O) groups excluding carboxylic acids is 1. The van der Waals surface area contributed by atoms with E-state index in [2.05, 4.69) is 22.4 Å². The predicted molar refractivity (Wildman–Crippen MR) is 112 cm³/mol. The van der Waals surface area contributed by atoms with Crippen LogP contribution >= 0.6 is 11.3 Å². The molecule has 0 unspecified atom stereocenters. The van der Waals surface area contributed by atoms with Crippen LogP contribution in [0.4, 0.5) is 5.13 Å². The van der Waals surface area contributed by atoms with Gasteiger partial charge in [-0.15, -0.1) is 11.3 Å². The molecule has 4 rings (SSSR count). The maximum Gasteiger partial charge on any atom is 0.257 e. The molecule has 0 aliphatic carbocycles. The molecule has 0 fully saturated rings. The van der Waals surface area contributed by atoms with Crippen LogP contribution in [-0.4, -0.2) is 10.9 Å². The molecule has 28 heavy (non-hydrogen) atoms. The molecular formula is C23H18N2O2S. The van der Waals surface area contributed by atoms with E-state index in [0.717, 1.165) is 17.0 Å². The number of hydrogen-bond donors (Lipinski definition) is 1. The zero-order valence-corrected chi connectivity index (χ0v) is 15.9. The normalized spacial score (nSPS) is 10.4. The minimum atomic E-state index is -0.188. The molecule has 0 radical (unpaired) electrons. The van der Waals surface area contributed by atoms with Crippen LogP contribution in [0.1, 0.15) is 20.8 Å². The summed E-state index contributed by atoms with van der Waals surface area (Å²) < 4.78 is 5.75. The van der Waals surface area contributed by atoms with Gasteiger partial charge in [0.15, 0.2) is 5.13 Å². The highest BCUT2D eigenvalue weighted by molar-refractivity contribution is 7.15. The first-order valence-electron chi connectivity index (χ1n) is 8.89. The van der Waals surface area contributed by atoms with Crippen molar-refractivity contribution in [2.75, 3.05) is 5.32 Å². The van der Waals surface area contributed by atoms with Crippen LogP contribution in [0.15, 0.2) is 91.1 Å². The van der Waals surface area contributed by atoms with E-state index in [9.17, 15) is 4.79 Å². The largest absolute Gasteiger partial charge is 0.457 e. The number of nitrogens with zero attached hydrogens (tertiary/aromatic N) is 1. The first kappa shape index (κ1) is 17.9. The Morgan fingerprint density at radius 2 is 1.50 bits per heavy atom. The standard InChI is InChI=1S/C23H18N2O2S/c26-22(18-11-13-20(14-12-18)27-19-9-5-2-6-10-19)25-23-24-16-21(28-23)15-17-7-3-1-4-8-17/h1-14,16H,15H2,(H,24,25,26). The van der Waals surface area contributed by atoms with Gasteiger partial charge in [-0.25, -0.2) is 4.98 Å². The van der Waals surface area contributed by atoms with Crippen molar-refractivity contribution in [3.63, 3.8) is 0 Å². The van der Waals surface area contributed by atoms with Gasteiger partial charge in [-0.3, -0.25) is 10.1 Å². The summed E-state index contributed by atoms with van der Waals surface area (Å²) in [6, 6.07) is 26.8. The minimum Gasteiger partial charge on any atom is -0.457 e. The second-order valence-corrected chi connectivity index (χ2v) is 7.30. The van der Waals surface area contributed by atoms with E-state index in [1.165, 1.54) is 16.9 Å². The monoisotopic (exact) mass is 386 g/mol. The molecule has 1 N–H and O–H groups in total. The van der Waals surface area contributed by atoms with Crippen LogP contribution in [0.5, 0.6) is 11.5 Å². The molecule has 0 atom stereocenters. The number of rotatable bonds is 6. The molecule has 0 spiro atoms. The number of nitrogens with one attached hydrogen (secondary N) is 1. The summed E-state index contributed by atoms with van der Waals surface area (Å²) in [6.45, 7) is 0. The number of carbonyl (C=O) groups is 1. The molecule has 0 aliphatic heterocycles. The third-order valence-corrected chi connectivity index (χ3v) is 5.00. The lowest BCUT2D eigenvalue weighted by atomic mass is 10.1. The third kappa shape index (κ3) is 4.64. The Balaban J connectivity index is 1.37.